The second kappa shape index (κ2) is 7.29. The molecule has 1 aliphatic rings. The van der Waals surface area contributed by atoms with Gasteiger partial charge >= 0.3 is 0 Å². The van der Waals surface area contributed by atoms with E-state index in [0.717, 1.165) is 19.3 Å². The quantitative estimate of drug-likeness (QED) is 0.906. The molecule has 0 saturated carbocycles. The molecule has 2 heterocycles. The SMILES string of the molecule is CC(C)CCC(=O)NC1CCN(C(=O)c2ccoc2)CC1. The average Bonchev–Trinajstić information content (AvgIpc) is 2.99. The number of rotatable bonds is 5. The van der Waals surface area contributed by atoms with Crippen molar-refractivity contribution in [3.05, 3.63) is 24.2 Å². The van der Waals surface area contributed by atoms with Crippen LogP contribution in [0.4, 0.5) is 0 Å². The van der Waals surface area contributed by atoms with E-state index in [4.69, 9.17) is 4.42 Å². The lowest BCUT2D eigenvalue weighted by atomic mass is 10.0. The molecule has 1 saturated heterocycles. The number of hydrogen-bond acceptors (Lipinski definition) is 3. The molecule has 0 aliphatic carbocycles. The standard InChI is InChI=1S/C16H24N2O3/c1-12(2)3-4-15(19)17-14-5-8-18(9-6-14)16(20)13-7-10-21-11-13/h7,10-12,14H,3-6,8-9H2,1-2H3,(H,17,19). The first-order valence-electron chi connectivity index (χ1n) is 7.67. The summed E-state index contributed by atoms with van der Waals surface area (Å²) in [4.78, 5) is 25.8. The molecule has 0 aromatic carbocycles. The Balaban J connectivity index is 1.73. The topological polar surface area (TPSA) is 62.6 Å². The van der Waals surface area contributed by atoms with E-state index in [0.29, 0.717) is 31.0 Å². The molecule has 5 heteroatoms. The molecular weight excluding hydrogens is 268 g/mol. The van der Waals surface area contributed by atoms with E-state index in [1.165, 1.54) is 12.5 Å². The fraction of sp³-hybridized carbons (Fsp3) is 0.625. The summed E-state index contributed by atoms with van der Waals surface area (Å²) >= 11 is 0. The summed E-state index contributed by atoms with van der Waals surface area (Å²) in [5.41, 5.74) is 0.592. The van der Waals surface area contributed by atoms with E-state index in [9.17, 15) is 9.59 Å². The van der Waals surface area contributed by atoms with Crippen molar-refractivity contribution in [3.63, 3.8) is 0 Å². The molecular formula is C16H24N2O3. The number of nitrogens with one attached hydrogen (secondary N) is 1. The third kappa shape index (κ3) is 4.62. The Hall–Kier alpha value is -1.78. The van der Waals surface area contributed by atoms with Crippen LogP contribution in [-0.4, -0.2) is 35.8 Å². The van der Waals surface area contributed by atoms with Gasteiger partial charge in [0.25, 0.3) is 5.91 Å². The number of carbonyl (C=O) groups excluding carboxylic acids is 2. The Morgan fingerprint density at radius 2 is 2.10 bits per heavy atom. The van der Waals surface area contributed by atoms with Gasteiger partial charge in [0.2, 0.25) is 5.91 Å². The molecule has 5 nitrogen and oxygen atoms in total. The van der Waals surface area contributed by atoms with Crippen LogP contribution in [0.5, 0.6) is 0 Å². The predicted molar refractivity (Wildman–Crippen MR) is 79.8 cm³/mol. The summed E-state index contributed by atoms with van der Waals surface area (Å²) in [5.74, 6) is 0.682. The van der Waals surface area contributed by atoms with Gasteiger partial charge in [-0.25, -0.2) is 0 Å². The summed E-state index contributed by atoms with van der Waals surface area (Å²) in [7, 11) is 0. The van der Waals surface area contributed by atoms with Crippen molar-refractivity contribution in [1.29, 1.82) is 0 Å². The molecule has 1 N–H and O–H groups in total. The highest BCUT2D eigenvalue weighted by molar-refractivity contribution is 5.93. The van der Waals surface area contributed by atoms with Gasteiger partial charge in [-0.15, -0.1) is 0 Å². The maximum Gasteiger partial charge on any atom is 0.257 e. The lowest BCUT2D eigenvalue weighted by Crippen LogP contribution is -2.46. The predicted octanol–water partition coefficient (Wildman–Crippen LogP) is 2.44. The molecule has 2 amide bonds. The molecule has 0 bridgehead atoms. The number of piperidine rings is 1. The average molecular weight is 292 g/mol. The summed E-state index contributed by atoms with van der Waals surface area (Å²) < 4.78 is 4.94. The second-order valence-electron chi connectivity index (χ2n) is 6.08. The zero-order chi connectivity index (χ0) is 15.2. The van der Waals surface area contributed by atoms with Crippen molar-refractivity contribution in [2.24, 2.45) is 5.92 Å². The van der Waals surface area contributed by atoms with Gasteiger partial charge in [0, 0.05) is 25.6 Å². The Morgan fingerprint density at radius 1 is 1.38 bits per heavy atom. The van der Waals surface area contributed by atoms with Crippen molar-refractivity contribution < 1.29 is 14.0 Å². The first-order chi connectivity index (χ1) is 10.1. The fourth-order valence-corrected chi connectivity index (χ4v) is 2.52. The minimum atomic E-state index is 0.00772. The second-order valence-corrected chi connectivity index (χ2v) is 6.08. The first-order valence-corrected chi connectivity index (χ1v) is 7.67. The van der Waals surface area contributed by atoms with Crippen molar-refractivity contribution >= 4 is 11.8 Å². The van der Waals surface area contributed by atoms with E-state index in [2.05, 4.69) is 19.2 Å². The van der Waals surface area contributed by atoms with E-state index < -0.39 is 0 Å². The van der Waals surface area contributed by atoms with Crippen LogP contribution in [-0.2, 0) is 4.79 Å². The number of likely N-dealkylation sites (tertiary alicyclic amines) is 1. The van der Waals surface area contributed by atoms with E-state index >= 15 is 0 Å². The molecule has 0 spiro atoms. The highest BCUT2D eigenvalue weighted by atomic mass is 16.3. The van der Waals surface area contributed by atoms with Crippen LogP contribution in [0.1, 0.15) is 49.9 Å². The van der Waals surface area contributed by atoms with Gasteiger partial charge in [-0.05, 0) is 31.2 Å². The van der Waals surface area contributed by atoms with Gasteiger partial charge in [0.05, 0.1) is 11.8 Å². The third-order valence-corrected chi connectivity index (χ3v) is 3.86. The first kappa shape index (κ1) is 15.6. The number of nitrogens with zero attached hydrogens (tertiary/aromatic N) is 1. The normalized spacial score (nSPS) is 16.2. The molecule has 0 unspecified atom stereocenters. The van der Waals surface area contributed by atoms with Crippen molar-refractivity contribution in [2.45, 2.75) is 45.6 Å². The van der Waals surface area contributed by atoms with Crippen LogP contribution < -0.4 is 5.32 Å². The van der Waals surface area contributed by atoms with Crippen LogP contribution in [0, 0.1) is 5.92 Å². The van der Waals surface area contributed by atoms with Gasteiger partial charge in [-0.3, -0.25) is 9.59 Å². The summed E-state index contributed by atoms with van der Waals surface area (Å²) in [6.07, 6.45) is 6.13. The van der Waals surface area contributed by atoms with E-state index in [1.54, 1.807) is 6.07 Å². The number of carbonyl (C=O) groups is 2. The van der Waals surface area contributed by atoms with E-state index in [1.807, 2.05) is 4.90 Å². The lowest BCUT2D eigenvalue weighted by molar-refractivity contribution is -0.122. The smallest absolute Gasteiger partial charge is 0.257 e. The summed E-state index contributed by atoms with van der Waals surface area (Å²) in [5, 5.41) is 3.07. The van der Waals surface area contributed by atoms with Crippen molar-refractivity contribution in [1.82, 2.24) is 10.2 Å². The molecule has 2 rings (SSSR count). The Morgan fingerprint density at radius 3 is 2.67 bits per heavy atom. The molecule has 1 aliphatic heterocycles. The van der Waals surface area contributed by atoms with Gasteiger partial charge in [-0.1, -0.05) is 13.8 Å². The number of furan rings is 1. The van der Waals surface area contributed by atoms with Crippen molar-refractivity contribution in [3.8, 4) is 0 Å². The van der Waals surface area contributed by atoms with Crippen LogP contribution in [0.3, 0.4) is 0 Å². The number of hydrogen-bond donors (Lipinski definition) is 1. The fourth-order valence-electron chi connectivity index (χ4n) is 2.52. The Kier molecular flexibility index (Phi) is 5.42. The third-order valence-electron chi connectivity index (χ3n) is 3.86. The van der Waals surface area contributed by atoms with Gasteiger partial charge in [0.15, 0.2) is 0 Å². The largest absolute Gasteiger partial charge is 0.472 e. The maximum atomic E-state index is 12.1. The zero-order valence-corrected chi connectivity index (χ0v) is 12.8. The van der Waals surface area contributed by atoms with Crippen LogP contribution in [0.15, 0.2) is 23.0 Å². The molecule has 0 atom stereocenters. The van der Waals surface area contributed by atoms with Crippen LogP contribution >= 0.6 is 0 Å². The molecule has 0 radical (unpaired) electrons. The highest BCUT2D eigenvalue weighted by Crippen LogP contribution is 2.15. The summed E-state index contributed by atoms with van der Waals surface area (Å²) in [6, 6.07) is 1.88. The highest BCUT2D eigenvalue weighted by Gasteiger charge is 2.24. The van der Waals surface area contributed by atoms with Gasteiger partial charge in [0.1, 0.15) is 6.26 Å². The molecule has 1 fully saturated rings. The Labute approximate surface area is 125 Å². The van der Waals surface area contributed by atoms with Crippen LogP contribution in [0.25, 0.3) is 0 Å². The molecule has 1 aromatic rings. The van der Waals surface area contributed by atoms with Gasteiger partial charge in [-0.2, -0.15) is 0 Å². The Bertz CT molecular complexity index is 460. The van der Waals surface area contributed by atoms with Crippen LogP contribution in [0.2, 0.25) is 0 Å². The lowest BCUT2D eigenvalue weighted by Gasteiger charge is -2.32. The minimum Gasteiger partial charge on any atom is -0.472 e. The van der Waals surface area contributed by atoms with Crippen molar-refractivity contribution in [2.75, 3.05) is 13.1 Å². The molecule has 21 heavy (non-hydrogen) atoms. The molecule has 116 valence electrons. The van der Waals surface area contributed by atoms with E-state index in [-0.39, 0.29) is 17.9 Å². The summed E-state index contributed by atoms with van der Waals surface area (Å²) in [6.45, 7) is 5.60. The zero-order valence-electron chi connectivity index (χ0n) is 12.8. The monoisotopic (exact) mass is 292 g/mol. The maximum absolute atomic E-state index is 12.1. The molecule has 1 aromatic heterocycles. The number of amides is 2. The van der Waals surface area contributed by atoms with Gasteiger partial charge < -0.3 is 14.6 Å². The minimum absolute atomic E-state index is 0.00772.